The Kier molecular flexibility index (Phi) is 5.35. The lowest BCUT2D eigenvalue weighted by Crippen LogP contribution is -2.11. The van der Waals surface area contributed by atoms with Crippen molar-refractivity contribution in [3.05, 3.63) is 78.6 Å². The van der Waals surface area contributed by atoms with E-state index in [1.165, 1.54) is 6.20 Å². The van der Waals surface area contributed by atoms with Crippen LogP contribution in [0, 0.1) is 0 Å². The summed E-state index contributed by atoms with van der Waals surface area (Å²) in [4.78, 5) is 20.4. The van der Waals surface area contributed by atoms with Crippen LogP contribution in [0.4, 0.5) is 5.69 Å². The van der Waals surface area contributed by atoms with E-state index in [1.807, 2.05) is 30.3 Å². The van der Waals surface area contributed by atoms with Gasteiger partial charge in [-0.3, -0.25) is 9.48 Å². The van der Waals surface area contributed by atoms with Crippen LogP contribution in [0.5, 0.6) is 0 Å². The predicted molar refractivity (Wildman–Crippen MR) is 117 cm³/mol. The second-order valence-electron chi connectivity index (χ2n) is 6.92. The van der Waals surface area contributed by atoms with Crippen molar-refractivity contribution in [2.45, 2.75) is 5.16 Å². The van der Waals surface area contributed by atoms with E-state index in [9.17, 15) is 13.2 Å². The first-order valence-corrected chi connectivity index (χ1v) is 11.2. The lowest BCUT2D eigenvalue weighted by Gasteiger charge is -2.09. The van der Waals surface area contributed by atoms with Crippen molar-refractivity contribution >= 4 is 21.4 Å². The highest BCUT2D eigenvalue weighted by Gasteiger charge is 2.17. The molecule has 0 aliphatic carbocycles. The summed E-state index contributed by atoms with van der Waals surface area (Å²) in [5.74, 6) is -0.191. The summed E-state index contributed by atoms with van der Waals surface area (Å²) in [6.45, 7) is 0. The monoisotopic (exact) mass is 433 g/mol. The molecule has 0 unspecified atom stereocenters. The van der Waals surface area contributed by atoms with Gasteiger partial charge in [0.15, 0.2) is 0 Å². The number of amides is 1. The molecular weight excluding hydrogens is 414 g/mol. The van der Waals surface area contributed by atoms with E-state index in [1.54, 1.807) is 48.3 Å². The summed E-state index contributed by atoms with van der Waals surface area (Å²) >= 11 is 0. The van der Waals surface area contributed by atoms with E-state index in [0.717, 1.165) is 17.5 Å². The number of aryl methyl sites for hydroxylation is 1. The first kappa shape index (κ1) is 20.4. The Hall–Kier alpha value is -3.85. The summed E-state index contributed by atoms with van der Waals surface area (Å²) < 4.78 is 25.3. The van der Waals surface area contributed by atoms with Gasteiger partial charge in [-0.1, -0.05) is 30.3 Å². The van der Waals surface area contributed by atoms with Gasteiger partial charge in [-0.15, -0.1) is 0 Å². The maximum Gasteiger partial charge on any atom is 0.255 e. The van der Waals surface area contributed by atoms with E-state index in [4.69, 9.17) is 0 Å². The Bertz CT molecular complexity index is 1350. The number of hydrogen-bond acceptors (Lipinski definition) is 6. The zero-order valence-electron chi connectivity index (χ0n) is 16.9. The molecule has 2 heterocycles. The average molecular weight is 433 g/mol. The molecule has 1 N–H and O–H groups in total. The zero-order chi connectivity index (χ0) is 22.0. The molecule has 0 radical (unpaired) electrons. The summed E-state index contributed by atoms with van der Waals surface area (Å²) in [6.07, 6.45) is 4.12. The third kappa shape index (κ3) is 4.36. The van der Waals surface area contributed by atoms with Crippen LogP contribution < -0.4 is 5.32 Å². The van der Waals surface area contributed by atoms with Crippen LogP contribution in [-0.4, -0.2) is 40.3 Å². The van der Waals surface area contributed by atoms with Crippen molar-refractivity contribution in [3.8, 4) is 22.5 Å². The predicted octanol–water partition coefficient (Wildman–Crippen LogP) is 3.20. The fourth-order valence-corrected chi connectivity index (χ4v) is 3.66. The van der Waals surface area contributed by atoms with E-state index in [2.05, 4.69) is 20.4 Å². The molecule has 2 aromatic carbocycles. The quantitative estimate of drug-likeness (QED) is 0.485. The highest BCUT2D eigenvalue weighted by molar-refractivity contribution is 7.90. The van der Waals surface area contributed by atoms with Gasteiger partial charge in [-0.25, -0.2) is 18.4 Å². The smallest absolute Gasteiger partial charge is 0.255 e. The second kappa shape index (κ2) is 8.11. The average Bonchev–Trinajstić information content (AvgIpc) is 3.16. The number of aromatic nitrogens is 4. The van der Waals surface area contributed by atoms with Crippen LogP contribution in [0.2, 0.25) is 0 Å². The minimum atomic E-state index is -3.53. The van der Waals surface area contributed by atoms with Crippen molar-refractivity contribution in [1.82, 2.24) is 19.7 Å². The summed E-state index contributed by atoms with van der Waals surface area (Å²) in [7, 11) is -1.74. The largest absolute Gasteiger partial charge is 0.322 e. The molecule has 4 aromatic rings. The number of rotatable bonds is 5. The Morgan fingerprint density at radius 1 is 1.00 bits per heavy atom. The fraction of sp³-hybridized carbons (Fsp3) is 0.0909. The van der Waals surface area contributed by atoms with Crippen LogP contribution in [0.15, 0.2) is 78.2 Å². The van der Waals surface area contributed by atoms with Crippen LogP contribution in [0.1, 0.15) is 10.4 Å². The second-order valence-corrected chi connectivity index (χ2v) is 8.83. The normalized spacial score (nSPS) is 11.3. The zero-order valence-corrected chi connectivity index (χ0v) is 17.7. The Labute approximate surface area is 179 Å². The van der Waals surface area contributed by atoms with E-state index < -0.39 is 9.84 Å². The number of hydrogen-bond donors (Lipinski definition) is 1. The molecule has 8 nitrogen and oxygen atoms in total. The number of carbonyl (C=O) groups excluding carboxylic acids is 1. The highest BCUT2D eigenvalue weighted by Crippen LogP contribution is 2.31. The molecule has 0 fully saturated rings. The van der Waals surface area contributed by atoms with Gasteiger partial charge in [0.1, 0.15) is 0 Å². The molecule has 0 aliphatic heterocycles. The fourth-order valence-electron chi connectivity index (χ4n) is 3.14. The topological polar surface area (TPSA) is 107 Å². The maximum atomic E-state index is 12.3. The molecule has 31 heavy (non-hydrogen) atoms. The molecule has 9 heteroatoms. The number of anilines is 1. The van der Waals surface area contributed by atoms with Crippen LogP contribution in [0.25, 0.3) is 22.5 Å². The summed E-state index contributed by atoms with van der Waals surface area (Å²) in [5, 5.41) is 6.94. The lowest BCUT2D eigenvalue weighted by molar-refractivity contribution is 0.102. The molecule has 156 valence electrons. The molecule has 0 spiro atoms. The molecule has 0 aliphatic rings. The van der Waals surface area contributed by atoms with Gasteiger partial charge in [0, 0.05) is 41.9 Å². The molecular formula is C22H19N5O3S. The summed E-state index contributed by atoms with van der Waals surface area (Å²) in [6, 6.07) is 17.9. The Balaban J connectivity index is 1.64. The van der Waals surface area contributed by atoms with Crippen molar-refractivity contribution in [3.63, 3.8) is 0 Å². The van der Waals surface area contributed by atoms with Crippen molar-refractivity contribution in [2.24, 2.45) is 7.05 Å². The number of carbonyl (C=O) groups is 1. The van der Waals surface area contributed by atoms with Gasteiger partial charge in [-0.2, -0.15) is 5.10 Å². The third-order valence-electron chi connectivity index (χ3n) is 4.63. The Morgan fingerprint density at radius 3 is 2.39 bits per heavy atom. The molecule has 0 saturated carbocycles. The molecule has 1 amide bonds. The molecule has 0 saturated heterocycles. The molecule has 4 rings (SSSR count). The van der Waals surface area contributed by atoms with Crippen molar-refractivity contribution in [1.29, 1.82) is 0 Å². The van der Waals surface area contributed by atoms with Gasteiger partial charge in [-0.05, 0) is 30.3 Å². The third-order valence-corrected chi connectivity index (χ3v) is 5.49. The minimum Gasteiger partial charge on any atom is -0.322 e. The van der Waals surface area contributed by atoms with Gasteiger partial charge >= 0.3 is 0 Å². The van der Waals surface area contributed by atoms with Crippen molar-refractivity contribution in [2.75, 3.05) is 11.6 Å². The van der Waals surface area contributed by atoms with Crippen LogP contribution in [0.3, 0.4) is 0 Å². The minimum absolute atomic E-state index is 0.191. The van der Waals surface area contributed by atoms with Gasteiger partial charge in [0.2, 0.25) is 15.0 Å². The van der Waals surface area contributed by atoms with Crippen molar-refractivity contribution < 1.29 is 13.2 Å². The van der Waals surface area contributed by atoms with E-state index in [0.29, 0.717) is 22.5 Å². The molecule has 0 atom stereocenters. The number of benzene rings is 2. The van der Waals surface area contributed by atoms with E-state index in [-0.39, 0.29) is 11.1 Å². The first-order chi connectivity index (χ1) is 14.8. The number of sulfone groups is 1. The van der Waals surface area contributed by atoms with Gasteiger partial charge in [0.25, 0.3) is 5.91 Å². The van der Waals surface area contributed by atoms with Crippen LogP contribution in [-0.2, 0) is 16.9 Å². The first-order valence-electron chi connectivity index (χ1n) is 9.35. The van der Waals surface area contributed by atoms with Crippen LogP contribution >= 0.6 is 0 Å². The maximum absolute atomic E-state index is 12.3. The lowest BCUT2D eigenvalue weighted by atomic mass is 10.1. The van der Waals surface area contributed by atoms with Gasteiger partial charge in [0.05, 0.1) is 17.6 Å². The molecule has 0 bridgehead atoms. The number of nitrogens with zero attached hydrogens (tertiary/aromatic N) is 4. The number of nitrogens with one attached hydrogen (secondary N) is 1. The highest BCUT2D eigenvalue weighted by atomic mass is 32.2. The van der Waals surface area contributed by atoms with E-state index >= 15 is 0 Å². The Morgan fingerprint density at radius 2 is 1.71 bits per heavy atom. The standard InChI is InChI=1S/C22H19N5O3S/c1-27-20(18(14-24-27)19-12-13-23-22(26-19)31(2,29)30)15-8-10-17(11-9-15)25-21(28)16-6-4-3-5-7-16/h3-14H,1-2H3,(H,25,28). The molecule has 2 aromatic heterocycles. The SMILES string of the molecule is Cn1ncc(-c2ccnc(S(C)(=O)=O)n2)c1-c1ccc(NC(=O)c2ccccc2)cc1. The summed E-state index contributed by atoms with van der Waals surface area (Å²) in [5.41, 5.74) is 3.97. The van der Waals surface area contributed by atoms with Gasteiger partial charge < -0.3 is 5.32 Å².